The first-order chi connectivity index (χ1) is 6.19. The minimum absolute atomic E-state index is 0. The van der Waals surface area contributed by atoms with E-state index in [1.807, 2.05) is 6.07 Å². The number of nitriles is 1. The van der Waals surface area contributed by atoms with E-state index in [0.29, 0.717) is 5.56 Å². The van der Waals surface area contributed by atoms with Gasteiger partial charge in [0.15, 0.2) is 0 Å². The summed E-state index contributed by atoms with van der Waals surface area (Å²) in [5.41, 5.74) is 0.426. The quantitative estimate of drug-likeness (QED) is 0.517. The van der Waals surface area contributed by atoms with Crippen molar-refractivity contribution >= 4 is 5.97 Å². The maximum Gasteiger partial charge on any atom is 1.00 e. The third-order valence-corrected chi connectivity index (χ3v) is 1.62. The van der Waals surface area contributed by atoms with Gasteiger partial charge in [-0.15, -0.1) is 0 Å². The Labute approximate surface area is 124 Å². The van der Waals surface area contributed by atoms with Crippen molar-refractivity contribution in [3.05, 3.63) is 34.9 Å². The number of aliphatic hydroxyl groups excluding tert-OH is 1. The van der Waals surface area contributed by atoms with Gasteiger partial charge in [0.05, 0.1) is 24.2 Å². The van der Waals surface area contributed by atoms with Gasteiger partial charge in [-0.1, -0.05) is 6.07 Å². The van der Waals surface area contributed by atoms with Gasteiger partial charge in [0, 0.05) is 5.56 Å². The smallest absolute Gasteiger partial charge is 0.545 e. The second-order valence-electron chi connectivity index (χ2n) is 2.43. The molecule has 5 heteroatoms. The Hall–Kier alpha value is -0.224. The predicted octanol–water partition coefficient (Wildman–Crippen LogP) is -3.58. The van der Waals surface area contributed by atoms with Crippen LogP contribution in [0.15, 0.2) is 18.2 Å². The molecule has 1 aromatic carbocycles. The molecule has 0 heterocycles. The largest absolute Gasteiger partial charge is 1.00 e. The first kappa shape index (κ1) is 13.8. The zero-order valence-corrected chi connectivity index (χ0v) is 10.8. The van der Waals surface area contributed by atoms with E-state index in [0.717, 1.165) is 0 Å². The Bertz CT molecular complexity index is 384. The number of benzene rings is 1. The van der Waals surface area contributed by atoms with Crippen LogP contribution in [0.5, 0.6) is 0 Å². The van der Waals surface area contributed by atoms with Crippen LogP contribution in [0.2, 0.25) is 0 Å². The molecule has 0 unspecified atom stereocenters. The molecule has 0 amide bonds. The Kier molecular flexibility index (Phi) is 6.19. The number of hydrogen-bond acceptors (Lipinski definition) is 4. The fourth-order valence-electron chi connectivity index (χ4n) is 0.993. The van der Waals surface area contributed by atoms with Crippen LogP contribution < -0.4 is 56.5 Å². The number of carboxylic acids is 1. The molecule has 1 rings (SSSR count). The van der Waals surface area contributed by atoms with Crippen LogP contribution in [-0.4, -0.2) is 11.1 Å². The number of hydrogen-bond donors (Lipinski definition) is 1. The minimum atomic E-state index is -1.35. The Morgan fingerprint density at radius 1 is 1.57 bits per heavy atom. The van der Waals surface area contributed by atoms with Crippen LogP contribution in [0.3, 0.4) is 0 Å². The Balaban J connectivity index is 0.00000169. The van der Waals surface area contributed by atoms with Crippen molar-refractivity contribution in [2.75, 3.05) is 0 Å². The molecule has 0 fully saturated rings. The number of carbonyl (C=O) groups excluding carboxylic acids is 1. The van der Waals surface area contributed by atoms with Gasteiger partial charge >= 0.3 is 51.4 Å². The molecule has 1 N–H and O–H groups in total. The zero-order valence-electron chi connectivity index (χ0n) is 7.65. The summed E-state index contributed by atoms with van der Waals surface area (Å²) in [6.07, 6.45) is 0. The Morgan fingerprint density at radius 2 is 2.21 bits per heavy atom. The predicted molar refractivity (Wildman–Crippen MR) is 41.4 cm³/mol. The van der Waals surface area contributed by atoms with Gasteiger partial charge in [0.25, 0.3) is 0 Å². The minimum Gasteiger partial charge on any atom is -0.545 e. The molecule has 14 heavy (non-hydrogen) atoms. The standard InChI is InChI=1S/C9H7NO3.K/c10-4-6-1-2-8(9(12)13)7(3-6)5-11;/h1-3,11H,5H2,(H,12,13);/q;+1/p-1. The second-order valence-corrected chi connectivity index (χ2v) is 2.43. The van der Waals surface area contributed by atoms with E-state index in [-0.39, 0.29) is 62.5 Å². The fourth-order valence-corrected chi connectivity index (χ4v) is 0.993. The molecule has 0 aliphatic heterocycles. The van der Waals surface area contributed by atoms with E-state index in [4.69, 9.17) is 10.4 Å². The van der Waals surface area contributed by atoms with Crippen LogP contribution in [0.25, 0.3) is 0 Å². The van der Waals surface area contributed by atoms with Crippen molar-refractivity contribution in [1.29, 1.82) is 5.26 Å². The molecule has 0 saturated heterocycles. The number of nitrogens with zero attached hydrogens (tertiary/aromatic N) is 1. The van der Waals surface area contributed by atoms with Gasteiger partial charge in [-0.05, 0) is 17.7 Å². The average Bonchev–Trinajstić information content (AvgIpc) is 2.16. The number of aromatic carboxylic acids is 1. The van der Waals surface area contributed by atoms with Crippen LogP contribution in [0.1, 0.15) is 21.5 Å². The topological polar surface area (TPSA) is 84.2 Å². The number of aliphatic hydroxyl groups is 1. The van der Waals surface area contributed by atoms with E-state index in [9.17, 15) is 9.90 Å². The Morgan fingerprint density at radius 3 is 2.64 bits per heavy atom. The molecule has 0 aliphatic carbocycles. The van der Waals surface area contributed by atoms with Gasteiger partial charge < -0.3 is 15.0 Å². The summed E-state index contributed by atoms with van der Waals surface area (Å²) in [5, 5.41) is 27.8. The molecule has 0 bridgehead atoms. The first-order valence-corrected chi connectivity index (χ1v) is 3.54. The molecular formula is C9H6KNO3. The summed E-state index contributed by atoms with van der Waals surface area (Å²) in [6, 6.07) is 5.78. The monoisotopic (exact) mass is 215 g/mol. The number of rotatable bonds is 2. The third-order valence-electron chi connectivity index (χ3n) is 1.62. The average molecular weight is 215 g/mol. The second kappa shape index (κ2) is 6.30. The SMILES string of the molecule is N#Cc1ccc(C(=O)[O-])c(CO)c1.[K+]. The summed E-state index contributed by atoms with van der Waals surface area (Å²) < 4.78 is 0. The van der Waals surface area contributed by atoms with E-state index in [2.05, 4.69) is 0 Å². The molecular weight excluding hydrogens is 209 g/mol. The molecule has 1 aromatic rings. The third kappa shape index (κ3) is 3.17. The molecule has 0 saturated carbocycles. The van der Waals surface area contributed by atoms with Crippen LogP contribution in [0.4, 0.5) is 0 Å². The van der Waals surface area contributed by atoms with Gasteiger partial charge in [-0.3, -0.25) is 0 Å². The summed E-state index contributed by atoms with van der Waals surface area (Å²) in [7, 11) is 0. The van der Waals surface area contributed by atoms with Crippen molar-refractivity contribution in [3.63, 3.8) is 0 Å². The van der Waals surface area contributed by atoms with Gasteiger partial charge in [0.1, 0.15) is 0 Å². The van der Waals surface area contributed by atoms with Crippen LogP contribution >= 0.6 is 0 Å². The van der Waals surface area contributed by atoms with Crippen molar-refractivity contribution in [1.82, 2.24) is 0 Å². The zero-order chi connectivity index (χ0) is 9.84. The molecule has 0 aliphatic rings. The summed E-state index contributed by atoms with van der Waals surface area (Å²) in [5.74, 6) is -1.35. The van der Waals surface area contributed by atoms with E-state index >= 15 is 0 Å². The first-order valence-electron chi connectivity index (χ1n) is 3.54. The molecule has 66 valence electrons. The number of carboxylic acid groups (broad SMARTS) is 1. The van der Waals surface area contributed by atoms with Gasteiger partial charge in [0.2, 0.25) is 0 Å². The van der Waals surface area contributed by atoms with Crippen LogP contribution in [-0.2, 0) is 6.61 Å². The molecule has 4 nitrogen and oxygen atoms in total. The van der Waals surface area contributed by atoms with Crippen molar-refractivity contribution in [3.8, 4) is 6.07 Å². The normalized spacial score (nSPS) is 8.57. The van der Waals surface area contributed by atoms with E-state index in [1.54, 1.807) is 0 Å². The van der Waals surface area contributed by atoms with Crippen molar-refractivity contribution in [2.45, 2.75) is 6.61 Å². The number of carbonyl (C=O) groups is 1. The van der Waals surface area contributed by atoms with Crippen LogP contribution in [0, 0.1) is 11.3 Å². The van der Waals surface area contributed by atoms with Gasteiger partial charge in [-0.25, -0.2) is 0 Å². The van der Waals surface area contributed by atoms with E-state index < -0.39 is 12.6 Å². The van der Waals surface area contributed by atoms with E-state index in [1.165, 1.54) is 18.2 Å². The maximum absolute atomic E-state index is 10.5. The molecule has 0 radical (unpaired) electrons. The van der Waals surface area contributed by atoms with Gasteiger partial charge in [-0.2, -0.15) is 5.26 Å². The van der Waals surface area contributed by atoms with Crippen molar-refractivity contribution in [2.24, 2.45) is 0 Å². The summed E-state index contributed by atoms with van der Waals surface area (Å²) in [6.45, 7) is -0.418. The molecule has 0 aromatic heterocycles. The molecule has 0 atom stereocenters. The fraction of sp³-hybridized carbons (Fsp3) is 0.111. The summed E-state index contributed by atoms with van der Waals surface area (Å²) in [4.78, 5) is 10.5. The van der Waals surface area contributed by atoms with Crippen molar-refractivity contribution < 1.29 is 66.4 Å². The maximum atomic E-state index is 10.5. The molecule has 0 spiro atoms. The summed E-state index contributed by atoms with van der Waals surface area (Å²) >= 11 is 0.